The van der Waals surface area contributed by atoms with Gasteiger partial charge in [0.1, 0.15) is 17.4 Å². The standard InChI is InChI=1S/C21H23F2N3O3/c22-16-9-14(10-17(23)11-16)12-24-20(28)13-26-7-5-15(6-8-26)21(29)25-18-3-1-2-4-19(18)27/h1-4,9-11,15,27H,5-8,12-13H2,(H,24,28)(H,25,29). The van der Waals surface area contributed by atoms with Gasteiger partial charge in [0.2, 0.25) is 11.8 Å². The number of anilines is 1. The minimum Gasteiger partial charge on any atom is -0.506 e. The Balaban J connectivity index is 1.41. The largest absolute Gasteiger partial charge is 0.506 e. The van der Waals surface area contributed by atoms with E-state index >= 15 is 0 Å². The Labute approximate surface area is 167 Å². The summed E-state index contributed by atoms with van der Waals surface area (Å²) in [5.41, 5.74) is 0.739. The topological polar surface area (TPSA) is 81.7 Å². The number of phenols is 1. The normalized spacial score (nSPS) is 15.1. The first-order chi connectivity index (χ1) is 13.9. The molecule has 8 heteroatoms. The van der Waals surface area contributed by atoms with E-state index in [4.69, 9.17) is 0 Å². The molecular formula is C21H23F2N3O3. The van der Waals surface area contributed by atoms with Crippen LogP contribution in [-0.4, -0.2) is 41.5 Å². The molecule has 1 aliphatic heterocycles. The fourth-order valence-electron chi connectivity index (χ4n) is 3.34. The summed E-state index contributed by atoms with van der Waals surface area (Å²) in [6, 6.07) is 9.70. The lowest BCUT2D eigenvalue weighted by molar-refractivity contribution is -0.123. The van der Waals surface area contributed by atoms with Crippen LogP contribution in [0.4, 0.5) is 14.5 Å². The Bertz CT molecular complexity index is 863. The second-order valence-electron chi connectivity index (χ2n) is 7.11. The number of carbonyl (C=O) groups excluding carboxylic acids is 2. The van der Waals surface area contributed by atoms with Crippen LogP contribution in [0.25, 0.3) is 0 Å². The molecule has 3 rings (SSSR count). The zero-order valence-corrected chi connectivity index (χ0v) is 15.8. The van der Waals surface area contributed by atoms with Crippen molar-refractivity contribution in [3.05, 3.63) is 59.7 Å². The molecule has 0 aliphatic carbocycles. The molecule has 0 bridgehead atoms. The van der Waals surface area contributed by atoms with Gasteiger partial charge in [-0.05, 0) is 55.8 Å². The Hall–Kier alpha value is -3.00. The van der Waals surface area contributed by atoms with Gasteiger partial charge in [0.25, 0.3) is 0 Å². The molecule has 1 heterocycles. The van der Waals surface area contributed by atoms with Gasteiger partial charge in [-0.15, -0.1) is 0 Å². The van der Waals surface area contributed by atoms with Crippen LogP contribution in [0.3, 0.4) is 0 Å². The van der Waals surface area contributed by atoms with Gasteiger partial charge in [-0.1, -0.05) is 12.1 Å². The van der Waals surface area contributed by atoms with Crippen molar-refractivity contribution in [3.63, 3.8) is 0 Å². The molecule has 0 atom stereocenters. The maximum atomic E-state index is 13.2. The number of likely N-dealkylation sites (tertiary alicyclic amines) is 1. The van der Waals surface area contributed by atoms with Crippen LogP contribution >= 0.6 is 0 Å². The lowest BCUT2D eigenvalue weighted by atomic mass is 9.95. The number of amides is 2. The summed E-state index contributed by atoms with van der Waals surface area (Å²) >= 11 is 0. The van der Waals surface area contributed by atoms with Crippen LogP contribution in [0.5, 0.6) is 5.75 Å². The number of para-hydroxylation sites is 2. The highest BCUT2D eigenvalue weighted by molar-refractivity contribution is 5.93. The minimum absolute atomic E-state index is 0.0214. The van der Waals surface area contributed by atoms with E-state index in [1.54, 1.807) is 18.2 Å². The molecule has 1 aliphatic rings. The van der Waals surface area contributed by atoms with Crippen LogP contribution in [0.15, 0.2) is 42.5 Å². The number of hydrogen-bond donors (Lipinski definition) is 3. The first-order valence-electron chi connectivity index (χ1n) is 9.43. The summed E-state index contributed by atoms with van der Waals surface area (Å²) in [7, 11) is 0. The summed E-state index contributed by atoms with van der Waals surface area (Å²) in [6.45, 7) is 1.38. The van der Waals surface area contributed by atoms with E-state index in [-0.39, 0.29) is 36.6 Å². The SMILES string of the molecule is O=C(CN1CCC(C(=O)Nc2ccccc2O)CC1)NCc1cc(F)cc(F)c1. The summed E-state index contributed by atoms with van der Waals surface area (Å²) in [5, 5.41) is 15.1. The van der Waals surface area contributed by atoms with E-state index in [9.17, 15) is 23.5 Å². The molecule has 29 heavy (non-hydrogen) atoms. The molecule has 2 aromatic rings. The van der Waals surface area contributed by atoms with E-state index in [2.05, 4.69) is 10.6 Å². The average molecular weight is 403 g/mol. The fraction of sp³-hybridized carbons (Fsp3) is 0.333. The molecule has 0 spiro atoms. The molecule has 154 valence electrons. The third-order valence-electron chi connectivity index (χ3n) is 4.90. The van der Waals surface area contributed by atoms with Gasteiger partial charge in [0.05, 0.1) is 12.2 Å². The van der Waals surface area contributed by atoms with Crippen molar-refractivity contribution in [1.82, 2.24) is 10.2 Å². The molecule has 1 fully saturated rings. The lowest BCUT2D eigenvalue weighted by Crippen LogP contribution is -2.43. The van der Waals surface area contributed by atoms with E-state index in [1.165, 1.54) is 18.2 Å². The van der Waals surface area contributed by atoms with Crippen molar-refractivity contribution in [2.75, 3.05) is 25.0 Å². The highest BCUT2D eigenvalue weighted by Crippen LogP contribution is 2.24. The summed E-state index contributed by atoms with van der Waals surface area (Å²) in [5.74, 6) is -1.93. The third-order valence-corrected chi connectivity index (χ3v) is 4.90. The maximum Gasteiger partial charge on any atom is 0.234 e. The monoisotopic (exact) mass is 403 g/mol. The molecule has 0 radical (unpaired) electrons. The molecule has 6 nitrogen and oxygen atoms in total. The van der Waals surface area contributed by atoms with Crippen molar-refractivity contribution in [2.45, 2.75) is 19.4 Å². The predicted molar refractivity (Wildman–Crippen MR) is 104 cm³/mol. The number of carbonyl (C=O) groups is 2. The van der Waals surface area contributed by atoms with E-state index in [1.807, 2.05) is 4.90 Å². The second-order valence-corrected chi connectivity index (χ2v) is 7.11. The van der Waals surface area contributed by atoms with Gasteiger partial charge in [-0.25, -0.2) is 8.78 Å². The lowest BCUT2D eigenvalue weighted by Gasteiger charge is -2.30. The molecule has 0 aromatic heterocycles. The van der Waals surface area contributed by atoms with Crippen molar-refractivity contribution in [2.24, 2.45) is 5.92 Å². The number of benzene rings is 2. The van der Waals surface area contributed by atoms with Gasteiger partial charge >= 0.3 is 0 Å². The highest BCUT2D eigenvalue weighted by atomic mass is 19.1. The number of nitrogens with one attached hydrogen (secondary N) is 2. The Morgan fingerprint density at radius 1 is 1.07 bits per heavy atom. The van der Waals surface area contributed by atoms with Gasteiger partial charge in [0, 0.05) is 18.5 Å². The number of phenolic OH excluding ortho intramolecular Hbond substituents is 1. The minimum atomic E-state index is -0.682. The molecular weight excluding hydrogens is 380 g/mol. The summed E-state index contributed by atoms with van der Waals surface area (Å²) in [6.07, 6.45) is 1.20. The van der Waals surface area contributed by atoms with Gasteiger partial charge in [-0.3, -0.25) is 14.5 Å². The Morgan fingerprint density at radius 3 is 2.38 bits per heavy atom. The first kappa shape index (κ1) is 20.7. The predicted octanol–water partition coefficient (Wildman–Crippen LogP) is 2.64. The summed E-state index contributed by atoms with van der Waals surface area (Å²) in [4.78, 5) is 26.4. The van der Waals surface area contributed by atoms with Gasteiger partial charge in [0.15, 0.2) is 0 Å². The van der Waals surface area contributed by atoms with E-state index < -0.39 is 11.6 Å². The molecule has 1 saturated heterocycles. The zero-order valence-electron chi connectivity index (χ0n) is 15.8. The number of rotatable bonds is 6. The number of aromatic hydroxyl groups is 1. The van der Waals surface area contributed by atoms with Crippen molar-refractivity contribution in [1.29, 1.82) is 0 Å². The number of halogens is 2. The van der Waals surface area contributed by atoms with Crippen molar-refractivity contribution >= 4 is 17.5 Å². The second kappa shape index (κ2) is 9.47. The molecule has 0 unspecified atom stereocenters. The fourth-order valence-corrected chi connectivity index (χ4v) is 3.34. The van der Waals surface area contributed by atoms with E-state index in [0.29, 0.717) is 37.2 Å². The Kier molecular flexibility index (Phi) is 6.77. The Morgan fingerprint density at radius 2 is 1.72 bits per heavy atom. The average Bonchev–Trinajstić information content (AvgIpc) is 2.68. The van der Waals surface area contributed by atoms with Gasteiger partial charge in [-0.2, -0.15) is 0 Å². The van der Waals surface area contributed by atoms with Crippen molar-refractivity contribution in [3.8, 4) is 5.75 Å². The number of hydrogen-bond acceptors (Lipinski definition) is 4. The van der Waals surface area contributed by atoms with Crippen LogP contribution in [-0.2, 0) is 16.1 Å². The third kappa shape index (κ3) is 5.99. The molecule has 3 N–H and O–H groups in total. The number of nitrogens with zero attached hydrogens (tertiary/aromatic N) is 1. The smallest absolute Gasteiger partial charge is 0.234 e. The molecule has 2 aromatic carbocycles. The van der Waals surface area contributed by atoms with Crippen LogP contribution in [0, 0.1) is 17.6 Å². The van der Waals surface area contributed by atoms with Crippen molar-refractivity contribution < 1.29 is 23.5 Å². The van der Waals surface area contributed by atoms with Gasteiger partial charge < -0.3 is 15.7 Å². The molecule has 0 saturated carbocycles. The molecule has 2 amide bonds. The maximum absolute atomic E-state index is 13.2. The van der Waals surface area contributed by atoms with Crippen LogP contribution in [0.1, 0.15) is 18.4 Å². The zero-order chi connectivity index (χ0) is 20.8. The number of piperidine rings is 1. The van der Waals surface area contributed by atoms with Crippen LogP contribution in [0.2, 0.25) is 0 Å². The quantitative estimate of drug-likeness (QED) is 0.648. The highest BCUT2D eigenvalue weighted by Gasteiger charge is 2.26. The first-order valence-corrected chi connectivity index (χ1v) is 9.43. The summed E-state index contributed by atoms with van der Waals surface area (Å²) < 4.78 is 26.4. The van der Waals surface area contributed by atoms with Crippen LogP contribution < -0.4 is 10.6 Å². The van der Waals surface area contributed by atoms with E-state index in [0.717, 1.165) is 6.07 Å².